The van der Waals surface area contributed by atoms with Crippen LogP contribution in [0.3, 0.4) is 0 Å². The Balaban J connectivity index is 2.15. The lowest BCUT2D eigenvalue weighted by Crippen LogP contribution is -2.35. The van der Waals surface area contributed by atoms with Crippen LogP contribution < -0.4 is 0 Å². The number of rotatable bonds is 4. The van der Waals surface area contributed by atoms with E-state index in [2.05, 4.69) is 37.4 Å². The first-order chi connectivity index (χ1) is 8.10. The maximum absolute atomic E-state index is 10.4. The van der Waals surface area contributed by atoms with Gasteiger partial charge in [0.25, 0.3) is 0 Å². The Labute approximate surface area is 107 Å². The lowest BCUT2D eigenvalue weighted by atomic mass is 9.78. The highest BCUT2D eigenvalue weighted by atomic mass is 32.1. The summed E-state index contributed by atoms with van der Waals surface area (Å²) in [6.45, 7) is 4.20. The van der Waals surface area contributed by atoms with E-state index < -0.39 is 0 Å². The number of hydrogen-bond acceptors (Lipinski definition) is 2. The number of thiophene rings is 1. The summed E-state index contributed by atoms with van der Waals surface area (Å²) in [4.78, 5) is 1.24. The molecule has 1 unspecified atom stereocenters. The SMILES string of the molecule is CC(C)(c1ccccc1)C(O)Cc1cccs1. The highest BCUT2D eigenvalue weighted by Crippen LogP contribution is 2.29. The fourth-order valence-corrected chi connectivity index (χ4v) is 2.68. The Morgan fingerprint density at radius 3 is 2.41 bits per heavy atom. The van der Waals surface area contributed by atoms with E-state index in [1.807, 2.05) is 24.3 Å². The van der Waals surface area contributed by atoms with Crippen LogP contribution in [0.2, 0.25) is 0 Å². The molecular formula is C15H18OS. The second-order valence-corrected chi connectivity index (χ2v) is 5.92. The van der Waals surface area contributed by atoms with Gasteiger partial charge in [-0.15, -0.1) is 11.3 Å². The van der Waals surface area contributed by atoms with Crippen molar-refractivity contribution in [3.05, 3.63) is 58.3 Å². The van der Waals surface area contributed by atoms with Crippen LogP contribution in [-0.4, -0.2) is 11.2 Å². The van der Waals surface area contributed by atoms with Gasteiger partial charge < -0.3 is 5.11 Å². The molecule has 0 fully saturated rings. The van der Waals surface area contributed by atoms with Crippen molar-refractivity contribution in [3.63, 3.8) is 0 Å². The molecule has 17 heavy (non-hydrogen) atoms. The molecule has 0 aliphatic carbocycles. The van der Waals surface area contributed by atoms with E-state index in [0.29, 0.717) is 0 Å². The van der Waals surface area contributed by atoms with Crippen molar-refractivity contribution in [1.82, 2.24) is 0 Å². The third-order valence-corrected chi connectivity index (χ3v) is 4.22. The van der Waals surface area contributed by atoms with Crippen molar-refractivity contribution in [2.24, 2.45) is 0 Å². The molecule has 1 aromatic heterocycles. The first kappa shape index (κ1) is 12.3. The van der Waals surface area contributed by atoms with Crippen LogP contribution in [0.15, 0.2) is 47.8 Å². The second kappa shape index (κ2) is 5.03. The smallest absolute Gasteiger partial charge is 0.0679 e. The molecule has 1 aromatic carbocycles. The quantitative estimate of drug-likeness (QED) is 0.873. The zero-order valence-electron chi connectivity index (χ0n) is 10.3. The Hall–Kier alpha value is -1.12. The lowest BCUT2D eigenvalue weighted by Gasteiger charge is -2.31. The van der Waals surface area contributed by atoms with Crippen molar-refractivity contribution in [3.8, 4) is 0 Å². The Morgan fingerprint density at radius 2 is 1.82 bits per heavy atom. The van der Waals surface area contributed by atoms with E-state index in [9.17, 15) is 5.11 Å². The zero-order valence-corrected chi connectivity index (χ0v) is 11.1. The van der Waals surface area contributed by atoms with Crippen LogP contribution in [0.4, 0.5) is 0 Å². The van der Waals surface area contributed by atoms with Crippen molar-refractivity contribution < 1.29 is 5.11 Å². The third-order valence-electron chi connectivity index (χ3n) is 3.33. The average molecular weight is 246 g/mol. The number of aliphatic hydroxyl groups is 1. The lowest BCUT2D eigenvalue weighted by molar-refractivity contribution is 0.101. The highest BCUT2D eigenvalue weighted by Gasteiger charge is 2.29. The Bertz CT molecular complexity index is 445. The molecule has 0 spiro atoms. The predicted octanol–water partition coefficient (Wildman–Crippen LogP) is 3.63. The molecule has 0 aliphatic rings. The normalized spacial score (nSPS) is 13.6. The molecule has 0 bridgehead atoms. The van der Waals surface area contributed by atoms with E-state index in [0.717, 1.165) is 6.42 Å². The van der Waals surface area contributed by atoms with E-state index in [1.165, 1.54) is 10.4 Å². The molecule has 0 saturated carbocycles. The molecule has 1 heterocycles. The molecule has 0 aliphatic heterocycles. The van der Waals surface area contributed by atoms with Crippen LogP contribution in [-0.2, 0) is 11.8 Å². The molecule has 2 rings (SSSR count). The van der Waals surface area contributed by atoms with E-state index in [4.69, 9.17) is 0 Å². The predicted molar refractivity (Wildman–Crippen MR) is 73.5 cm³/mol. The van der Waals surface area contributed by atoms with E-state index >= 15 is 0 Å². The van der Waals surface area contributed by atoms with Gasteiger partial charge in [-0.05, 0) is 17.0 Å². The summed E-state index contributed by atoms with van der Waals surface area (Å²) in [5.41, 5.74) is 0.967. The number of benzene rings is 1. The number of hydrogen-bond donors (Lipinski definition) is 1. The van der Waals surface area contributed by atoms with Crippen LogP contribution in [0, 0.1) is 0 Å². The van der Waals surface area contributed by atoms with Gasteiger partial charge in [-0.2, -0.15) is 0 Å². The van der Waals surface area contributed by atoms with Gasteiger partial charge in [-0.1, -0.05) is 50.2 Å². The van der Waals surface area contributed by atoms with Gasteiger partial charge in [0, 0.05) is 16.7 Å². The summed E-state index contributed by atoms with van der Waals surface area (Å²) in [6, 6.07) is 14.3. The molecule has 90 valence electrons. The standard InChI is InChI=1S/C15H18OS/c1-15(2,12-7-4-3-5-8-12)14(16)11-13-9-6-10-17-13/h3-10,14,16H,11H2,1-2H3. The Morgan fingerprint density at radius 1 is 1.12 bits per heavy atom. The molecule has 2 aromatic rings. The van der Waals surface area contributed by atoms with Gasteiger partial charge in [0.05, 0.1) is 6.10 Å². The van der Waals surface area contributed by atoms with E-state index in [1.54, 1.807) is 11.3 Å². The molecule has 1 N–H and O–H groups in total. The fraction of sp³-hybridized carbons (Fsp3) is 0.333. The summed E-state index contributed by atoms with van der Waals surface area (Å²) in [5.74, 6) is 0. The summed E-state index contributed by atoms with van der Waals surface area (Å²) >= 11 is 1.70. The van der Waals surface area contributed by atoms with Crippen LogP contribution >= 0.6 is 11.3 Å². The van der Waals surface area contributed by atoms with Gasteiger partial charge in [0.2, 0.25) is 0 Å². The molecule has 0 saturated heterocycles. The van der Waals surface area contributed by atoms with Gasteiger partial charge in [-0.25, -0.2) is 0 Å². The first-order valence-electron chi connectivity index (χ1n) is 5.86. The molecular weight excluding hydrogens is 228 g/mol. The summed E-state index contributed by atoms with van der Waals surface area (Å²) in [5, 5.41) is 12.5. The Kier molecular flexibility index (Phi) is 3.65. The van der Waals surface area contributed by atoms with Crippen molar-refractivity contribution in [1.29, 1.82) is 0 Å². The molecule has 2 heteroatoms. The zero-order chi connectivity index (χ0) is 12.3. The molecule has 1 nitrogen and oxygen atoms in total. The second-order valence-electron chi connectivity index (χ2n) is 4.89. The monoisotopic (exact) mass is 246 g/mol. The fourth-order valence-electron chi connectivity index (χ4n) is 1.93. The molecule has 0 radical (unpaired) electrons. The highest BCUT2D eigenvalue weighted by molar-refractivity contribution is 7.09. The van der Waals surface area contributed by atoms with Crippen LogP contribution in [0.1, 0.15) is 24.3 Å². The minimum atomic E-state index is -0.358. The minimum absolute atomic E-state index is 0.217. The summed E-state index contributed by atoms with van der Waals surface area (Å²) in [7, 11) is 0. The topological polar surface area (TPSA) is 20.2 Å². The van der Waals surface area contributed by atoms with E-state index in [-0.39, 0.29) is 11.5 Å². The first-order valence-corrected chi connectivity index (χ1v) is 6.74. The average Bonchev–Trinajstić information content (AvgIpc) is 2.83. The van der Waals surface area contributed by atoms with Gasteiger partial charge >= 0.3 is 0 Å². The largest absolute Gasteiger partial charge is 0.392 e. The third kappa shape index (κ3) is 2.76. The maximum atomic E-state index is 10.4. The van der Waals surface area contributed by atoms with Gasteiger partial charge in [-0.3, -0.25) is 0 Å². The van der Waals surface area contributed by atoms with Crippen molar-refractivity contribution in [2.45, 2.75) is 31.8 Å². The van der Waals surface area contributed by atoms with Gasteiger partial charge in [0.15, 0.2) is 0 Å². The summed E-state index contributed by atoms with van der Waals surface area (Å²) in [6.07, 6.45) is 0.364. The van der Waals surface area contributed by atoms with Crippen molar-refractivity contribution >= 4 is 11.3 Å². The maximum Gasteiger partial charge on any atom is 0.0679 e. The molecule has 0 amide bonds. The van der Waals surface area contributed by atoms with Crippen LogP contribution in [0.5, 0.6) is 0 Å². The van der Waals surface area contributed by atoms with Crippen molar-refractivity contribution in [2.75, 3.05) is 0 Å². The minimum Gasteiger partial charge on any atom is -0.392 e. The molecule has 1 atom stereocenters. The van der Waals surface area contributed by atoms with Crippen LogP contribution in [0.25, 0.3) is 0 Å². The summed E-state index contributed by atoms with van der Waals surface area (Å²) < 4.78 is 0. The number of aliphatic hydroxyl groups excluding tert-OH is 1. The van der Waals surface area contributed by atoms with Gasteiger partial charge in [0.1, 0.15) is 0 Å².